The van der Waals surface area contributed by atoms with E-state index < -0.39 is 6.10 Å². The third kappa shape index (κ3) is 3.59. The van der Waals surface area contributed by atoms with Crippen molar-refractivity contribution in [3.63, 3.8) is 0 Å². The Kier molecular flexibility index (Phi) is 3.96. The van der Waals surface area contributed by atoms with Crippen LogP contribution in [0.5, 0.6) is 0 Å². The normalized spacial score (nSPS) is 13.5. The number of hydrogen-bond acceptors (Lipinski definition) is 2. The maximum atomic E-state index is 9.63. The maximum absolute atomic E-state index is 9.63. The van der Waals surface area contributed by atoms with E-state index >= 15 is 0 Å². The van der Waals surface area contributed by atoms with Gasteiger partial charge in [0.15, 0.2) is 0 Å². The zero-order valence-electron chi connectivity index (χ0n) is 8.33. The molecule has 0 spiro atoms. The van der Waals surface area contributed by atoms with E-state index in [9.17, 15) is 5.11 Å². The highest BCUT2D eigenvalue weighted by Crippen LogP contribution is 2.16. The lowest BCUT2D eigenvalue weighted by Gasteiger charge is -2.08. The van der Waals surface area contributed by atoms with Crippen LogP contribution in [-0.4, -0.2) is 15.1 Å². The molecule has 1 atom stereocenters. The van der Waals surface area contributed by atoms with Crippen LogP contribution in [0, 0.1) is 5.92 Å². The Bertz CT molecular complexity index is 219. The van der Waals surface area contributed by atoms with Gasteiger partial charge >= 0.3 is 0 Å². The molecule has 0 aliphatic heterocycles. The lowest BCUT2D eigenvalue weighted by atomic mass is 10.0. The van der Waals surface area contributed by atoms with Crippen LogP contribution in [0.15, 0.2) is 12.4 Å². The standard InChI is InChI=1S/C10H18N2O/c1-8(2)4-3-5-9(13)10-11-6-7-12-10/h6-9,13H,3-5H2,1-2H3,(H,11,12). The van der Waals surface area contributed by atoms with Crippen molar-refractivity contribution in [2.75, 3.05) is 0 Å². The zero-order chi connectivity index (χ0) is 9.68. The van der Waals surface area contributed by atoms with Gasteiger partial charge in [-0.2, -0.15) is 0 Å². The molecule has 1 aromatic rings. The second kappa shape index (κ2) is 5.02. The van der Waals surface area contributed by atoms with Gasteiger partial charge in [0.25, 0.3) is 0 Å². The summed E-state index contributed by atoms with van der Waals surface area (Å²) in [4.78, 5) is 6.92. The van der Waals surface area contributed by atoms with E-state index in [1.165, 1.54) is 0 Å². The van der Waals surface area contributed by atoms with Gasteiger partial charge in [-0.15, -0.1) is 0 Å². The van der Waals surface area contributed by atoms with Gasteiger partial charge in [-0.05, 0) is 12.3 Å². The highest BCUT2D eigenvalue weighted by molar-refractivity contribution is 4.91. The number of aliphatic hydroxyl groups excluding tert-OH is 1. The lowest BCUT2D eigenvalue weighted by Crippen LogP contribution is -2.00. The van der Waals surface area contributed by atoms with Crippen molar-refractivity contribution in [2.45, 2.75) is 39.2 Å². The number of nitrogens with one attached hydrogen (secondary N) is 1. The molecule has 2 N–H and O–H groups in total. The Morgan fingerprint density at radius 2 is 2.23 bits per heavy atom. The number of aromatic nitrogens is 2. The second-order valence-corrected chi connectivity index (χ2v) is 3.81. The molecule has 3 heteroatoms. The fraction of sp³-hybridized carbons (Fsp3) is 0.700. The molecule has 0 aliphatic carbocycles. The molecule has 0 fully saturated rings. The van der Waals surface area contributed by atoms with Crippen LogP contribution < -0.4 is 0 Å². The maximum Gasteiger partial charge on any atom is 0.134 e. The second-order valence-electron chi connectivity index (χ2n) is 3.81. The minimum absolute atomic E-state index is 0.422. The Morgan fingerprint density at radius 1 is 1.46 bits per heavy atom. The fourth-order valence-corrected chi connectivity index (χ4v) is 1.32. The summed E-state index contributed by atoms with van der Waals surface area (Å²) in [5, 5.41) is 9.63. The monoisotopic (exact) mass is 182 g/mol. The summed E-state index contributed by atoms with van der Waals surface area (Å²) in [5.74, 6) is 1.40. The van der Waals surface area contributed by atoms with Crippen LogP contribution in [0.1, 0.15) is 45.0 Å². The van der Waals surface area contributed by atoms with Crippen LogP contribution in [0.25, 0.3) is 0 Å². The van der Waals surface area contributed by atoms with Crippen LogP contribution in [-0.2, 0) is 0 Å². The van der Waals surface area contributed by atoms with Crippen molar-refractivity contribution in [2.24, 2.45) is 5.92 Å². The van der Waals surface area contributed by atoms with E-state index in [1.807, 2.05) is 0 Å². The number of H-pyrrole nitrogens is 1. The van der Waals surface area contributed by atoms with Gasteiger partial charge in [-0.25, -0.2) is 4.98 Å². The first-order chi connectivity index (χ1) is 6.20. The predicted molar refractivity (Wildman–Crippen MR) is 52.2 cm³/mol. The number of aromatic amines is 1. The van der Waals surface area contributed by atoms with Crippen LogP contribution in [0.2, 0.25) is 0 Å². The first-order valence-electron chi connectivity index (χ1n) is 4.87. The minimum Gasteiger partial charge on any atom is -0.385 e. The molecular weight excluding hydrogens is 164 g/mol. The molecule has 0 radical (unpaired) electrons. The van der Waals surface area contributed by atoms with Gasteiger partial charge in [-0.3, -0.25) is 0 Å². The van der Waals surface area contributed by atoms with Gasteiger partial charge in [-0.1, -0.05) is 26.7 Å². The molecule has 1 heterocycles. The molecular formula is C10H18N2O. The average Bonchev–Trinajstić information content (AvgIpc) is 2.55. The molecule has 3 nitrogen and oxygen atoms in total. The minimum atomic E-state index is -0.422. The summed E-state index contributed by atoms with van der Waals surface area (Å²) >= 11 is 0. The van der Waals surface area contributed by atoms with Crippen LogP contribution >= 0.6 is 0 Å². The van der Waals surface area contributed by atoms with Crippen LogP contribution in [0.4, 0.5) is 0 Å². The van der Waals surface area contributed by atoms with E-state index in [4.69, 9.17) is 0 Å². The van der Waals surface area contributed by atoms with Crippen molar-refractivity contribution in [1.82, 2.24) is 9.97 Å². The SMILES string of the molecule is CC(C)CCCC(O)c1ncc[nH]1. The number of rotatable bonds is 5. The molecule has 1 aromatic heterocycles. The van der Waals surface area contributed by atoms with E-state index in [-0.39, 0.29) is 0 Å². The largest absolute Gasteiger partial charge is 0.385 e. The van der Waals surface area contributed by atoms with Crippen molar-refractivity contribution >= 4 is 0 Å². The van der Waals surface area contributed by atoms with Crippen LogP contribution in [0.3, 0.4) is 0 Å². The topological polar surface area (TPSA) is 48.9 Å². The molecule has 0 aliphatic rings. The highest BCUT2D eigenvalue weighted by Gasteiger charge is 2.08. The lowest BCUT2D eigenvalue weighted by molar-refractivity contribution is 0.153. The number of hydrogen-bond donors (Lipinski definition) is 2. The Labute approximate surface area is 79.2 Å². The Hall–Kier alpha value is -0.830. The molecule has 13 heavy (non-hydrogen) atoms. The third-order valence-electron chi connectivity index (χ3n) is 2.09. The smallest absolute Gasteiger partial charge is 0.134 e. The van der Waals surface area contributed by atoms with Crippen molar-refractivity contribution in [3.05, 3.63) is 18.2 Å². The summed E-state index contributed by atoms with van der Waals surface area (Å²) in [6.07, 6.45) is 6.00. The molecule has 0 saturated carbocycles. The van der Waals surface area contributed by atoms with Gasteiger partial charge in [0.2, 0.25) is 0 Å². The van der Waals surface area contributed by atoms with Gasteiger partial charge < -0.3 is 10.1 Å². The molecule has 74 valence electrons. The van der Waals surface area contributed by atoms with E-state index in [0.29, 0.717) is 11.7 Å². The van der Waals surface area contributed by atoms with E-state index in [1.54, 1.807) is 12.4 Å². The fourth-order valence-electron chi connectivity index (χ4n) is 1.32. The first kappa shape index (κ1) is 10.3. The number of aliphatic hydroxyl groups is 1. The number of imidazole rings is 1. The van der Waals surface area contributed by atoms with E-state index in [0.717, 1.165) is 19.3 Å². The quantitative estimate of drug-likeness (QED) is 0.733. The summed E-state index contributed by atoms with van der Waals surface area (Å²) in [7, 11) is 0. The summed E-state index contributed by atoms with van der Waals surface area (Å²) < 4.78 is 0. The van der Waals surface area contributed by atoms with Gasteiger partial charge in [0.05, 0.1) is 0 Å². The van der Waals surface area contributed by atoms with E-state index in [2.05, 4.69) is 23.8 Å². The van der Waals surface area contributed by atoms with Crippen molar-refractivity contribution in [3.8, 4) is 0 Å². The number of nitrogens with zero attached hydrogens (tertiary/aromatic N) is 1. The highest BCUT2D eigenvalue weighted by atomic mass is 16.3. The Morgan fingerprint density at radius 3 is 2.77 bits per heavy atom. The van der Waals surface area contributed by atoms with Crippen molar-refractivity contribution < 1.29 is 5.11 Å². The molecule has 0 saturated heterocycles. The summed E-state index contributed by atoms with van der Waals surface area (Å²) in [5.41, 5.74) is 0. The first-order valence-corrected chi connectivity index (χ1v) is 4.87. The molecule has 0 aromatic carbocycles. The molecule has 0 amide bonds. The predicted octanol–water partition coefficient (Wildman–Crippen LogP) is 2.27. The summed E-state index contributed by atoms with van der Waals surface area (Å²) in [6.45, 7) is 4.39. The molecule has 1 unspecified atom stereocenters. The van der Waals surface area contributed by atoms with Gasteiger partial charge in [0, 0.05) is 12.4 Å². The molecule has 0 bridgehead atoms. The third-order valence-corrected chi connectivity index (χ3v) is 2.09. The Balaban J connectivity index is 2.22. The molecule has 1 rings (SSSR count). The average molecular weight is 182 g/mol. The zero-order valence-corrected chi connectivity index (χ0v) is 8.33. The van der Waals surface area contributed by atoms with Crippen molar-refractivity contribution in [1.29, 1.82) is 0 Å². The van der Waals surface area contributed by atoms with Gasteiger partial charge in [0.1, 0.15) is 11.9 Å². The summed E-state index contributed by atoms with van der Waals surface area (Å²) in [6, 6.07) is 0.